The molecule has 0 saturated heterocycles. The first-order chi connectivity index (χ1) is 11.3. The van der Waals surface area contributed by atoms with Gasteiger partial charge in [0.2, 0.25) is 5.65 Å². The summed E-state index contributed by atoms with van der Waals surface area (Å²) in [5, 5.41) is 16.4. The molecule has 0 aromatic carbocycles. The summed E-state index contributed by atoms with van der Waals surface area (Å²) in [7, 11) is 0. The monoisotopic (exact) mass is 330 g/mol. The van der Waals surface area contributed by atoms with Crippen molar-refractivity contribution in [3.05, 3.63) is 40.3 Å². The van der Waals surface area contributed by atoms with E-state index in [1.54, 1.807) is 13.0 Å². The molecule has 3 aromatic heterocycles. The number of nitriles is 1. The van der Waals surface area contributed by atoms with E-state index in [0.717, 1.165) is 6.92 Å². The first kappa shape index (κ1) is 15.7. The second kappa shape index (κ2) is 5.49. The number of pyridine rings is 2. The summed E-state index contributed by atoms with van der Waals surface area (Å²) in [6, 6.07) is 4.35. The van der Waals surface area contributed by atoms with E-state index in [1.165, 1.54) is 12.1 Å². The summed E-state index contributed by atoms with van der Waals surface area (Å²) >= 11 is 0. The highest BCUT2D eigenvalue weighted by Gasteiger charge is 2.29. The van der Waals surface area contributed by atoms with E-state index in [2.05, 4.69) is 24.9 Å². The van der Waals surface area contributed by atoms with Crippen LogP contribution in [0, 0.1) is 18.3 Å². The molecule has 3 rings (SSSR count). The van der Waals surface area contributed by atoms with Gasteiger partial charge in [0.1, 0.15) is 11.8 Å². The lowest BCUT2D eigenvalue weighted by Crippen LogP contribution is -2.12. The van der Waals surface area contributed by atoms with Crippen LogP contribution in [0.3, 0.4) is 0 Å². The van der Waals surface area contributed by atoms with Gasteiger partial charge in [0.05, 0.1) is 11.3 Å². The molecule has 0 saturated carbocycles. The average Bonchev–Trinajstić information content (AvgIpc) is 2.98. The normalized spacial score (nSPS) is 11.6. The predicted octanol–water partition coefficient (Wildman–Crippen LogP) is 2.48. The van der Waals surface area contributed by atoms with Crippen LogP contribution in [0.5, 0.6) is 0 Å². The number of anilines is 1. The first-order valence-corrected chi connectivity index (χ1v) is 6.96. The average molecular weight is 330 g/mol. The lowest BCUT2D eigenvalue weighted by atomic mass is 10.0. The fourth-order valence-corrected chi connectivity index (χ4v) is 2.43. The lowest BCUT2D eigenvalue weighted by molar-refractivity contribution is 0.0168. The van der Waals surface area contributed by atoms with Crippen molar-refractivity contribution in [2.45, 2.75) is 26.2 Å². The SMILES string of the molecule is Cc1nc2nonc2c(N)c1Cc1ccc(C(C)(F)F)c(C#N)n1. The van der Waals surface area contributed by atoms with Crippen LogP contribution in [0.4, 0.5) is 14.5 Å². The molecule has 122 valence electrons. The number of fused-ring (bicyclic) bond motifs is 1. The summed E-state index contributed by atoms with van der Waals surface area (Å²) < 4.78 is 31.6. The van der Waals surface area contributed by atoms with Crippen molar-refractivity contribution in [2.24, 2.45) is 0 Å². The molecule has 0 atom stereocenters. The number of alkyl halides is 2. The molecule has 0 aliphatic carbocycles. The molecule has 0 amide bonds. The van der Waals surface area contributed by atoms with Crippen molar-refractivity contribution in [1.29, 1.82) is 5.26 Å². The molecule has 0 aliphatic heterocycles. The molecule has 3 heterocycles. The van der Waals surface area contributed by atoms with Crippen LogP contribution < -0.4 is 5.73 Å². The molecule has 0 unspecified atom stereocenters. The van der Waals surface area contributed by atoms with E-state index in [1.807, 2.05) is 0 Å². The summed E-state index contributed by atoms with van der Waals surface area (Å²) in [6.45, 7) is 2.46. The van der Waals surface area contributed by atoms with Gasteiger partial charge in [0.15, 0.2) is 5.52 Å². The summed E-state index contributed by atoms with van der Waals surface area (Å²) in [4.78, 5) is 8.25. The molecule has 2 N–H and O–H groups in total. The number of rotatable bonds is 3. The summed E-state index contributed by atoms with van der Waals surface area (Å²) in [6.07, 6.45) is 0.220. The smallest absolute Gasteiger partial charge is 0.273 e. The van der Waals surface area contributed by atoms with Gasteiger partial charge < -0.3 is 5.73 Å². The second-order valence-electron chi connectivity index (χ2n) is 5.40. The number of hydrogen-bond donors (Lipinski definition) is 1. The topological polar surface area (TPSA) is 115 Å². The van der Waals surface area contributed by atoms with Gasteiger partial charge in [-0.2, -0.15) is 5.26 Å². The van der Waals surface area contributed by atoms with E-state index in [9.17, 15) is 8.78 Å². The van der Waals surface area contributed by atoms with Crippen molar-refractivity contribution in [1.82, 2.24) is 20.3 Å². The number of aryl methyl sites for hydroxylation is 1. The van der Waals surface area contributed by atoms with Gasteiger partial charge in [-0.1, -0.05) is 0 Å². The van der Waals surface area contributed by atoms with Crippen LogP contribution in [0.2, 0.25) is 0 Å². The van der Waals surface area contributed by atoms with E-state index in [4.69, 9.17) is 11.0 Å². The minimum atomic E-state index is -3.14. The molecule has 0 radical (unpaired) electrons. The standard InChI is InChI=1S/C15H12F2N6O/c1-7-9(12(19)13-14(20-7)23-24-22-13)5-8-3-4-10(15(2,16)17)11(6-18)21-8/h3-4H,5,19H2,1-2H3. The van der Waals surface area contributed by atoms with Gasteiger partial charge in [-0.15, -0.1) is 0 Å². The lowest BCUT2D eigenvalue weighted by Gasteiger charge is -2.13. The van der Waals surface area contributed by atoms with Gasteiger partial charge in [-0.25, -0.2) is 23.4 Å². The fraction of sp³-hybridized carbons (Fsp3) is 0.267. The highest BCUT2D eigenvalue weighted by Crippen LogP contribution is 2.30. The Bertz CT molecular complexity index is 970. The molecule has 0 fully saturated rings. The summed E-state index contributed by atoms with van der Waals surface area (Å²) in [5.74, 6) is -3.14. The molecule has 3 aromatic rings. The molecule has 0 bridgehead atoms. The third-order valence-electron chi connectivity index (χ3n) is 3.65. The number of hydrogen-bond acceptors (Lipinski definition) is 7. The van der Waals surface area contributed by atoms with Crippen LogP contribution in [0.15, 0.2) is 16.8 Å². The minimum absolute atomic E-state index is 0.220. The Balaban J connectivity index is 2.05. The highest BCUT2D eigenvalue weighted by molar-refractivity contribution is 5.85. The molecule has 0 aliphatic rings. The Labute approximate surface area is 135 Å². The van der Waals surface area contributed by atoms with E-state index < -0.39 is 11.5 Å². The Morgan fingerprint density at radius 3 is 2.71 bits per heavy atom. The van der Waals surface area contributed by atoms with Crippen LogP contribution in [0.25, 0.3) is 11.2 Å². The minimum Gasteiger partial charge on any atom is -0.396 e. The fourth-order valence-electron chi connectivity index (χ4n) is 2.43. The van der Waals surface area contributed by atoms with E-state index in [0.29, 0.717) is 33.8 Å². The molecule has 7 nitrogen and oxygen atoms in total. The number of aromatic nitrogens is 4. The zero-order valence-electron chi connectivity index (χ0n) is 12.8. The molecular formula is C15H12F2N6O. The van der Waals surface area contributed by atoms with Crippen molar-refractivity contribution in [3.8, 4) is 6.07 Å². The van der Waals surface area contributed by atoms with Crippen LogP contribution in [-0.2, 0) is 12.3 Å². The van der Waals surface area contributed by atoms with Crippen molar-refractivity contribution in [2.75, 3.05) is 5.73 Å². The van der Waals surface area contributed by atoms with E-state index in [-0.39, 0.29) is 12.1 Å². The van der Waals surface area contributed by atoms with E-state index >= 15 is 0 Å². The number of nitrogen functional groups attached to an aromatic ring is 1. The Morgan fingerprint density at radius 2 is 2.04 bits per heavy atom. The third-order valence-corrected chi connectivity index (χ3v) is 3.65. The quantitative estimate of drug-likeness (QED) is 0.784. The first-order valence-electron chi connectivity index (χ1n) is 6.96. The zero-order valence-corrected chi connectivity index (χ0v) is 12.8. The Morgan fingerprint density at radius 1 is 1.29 bits per heavy atom. The largest absolute Gasteiger partial charge is 0.396 e. The number of nitrogens with zero attached hydrogens (tertiary/aromatic N) is 5. The second-order valence-corrected chi connectivity index (χ2v) is 5.40. The molecule has 0 spiro atoms. The maximum atomic E-state index is 13.5. The van der Waals surface area contributed by atoms with Gasteiger partial charge in [-0.3, -0.25) is 0 Å². The van der Waals surface area contributed by atoms with Crippen molar-refractivity contribution >= 4 is 16.9 Å². The number of halogens is 2. The third kappa shape index (κ3) is 2.62. The van der Waals surface area contributed by atoms with Gasteiger partial charge in [0.25, 0.3) is 5.92 Å². The maximum absolute atomic E-state index is 13.5. The van der Waals surface area contributed by atoms with Crippen molar-refractivity contribution < 1.29 is 13.4 Å². The summed E-state index contributed by atoms with van der Waals surface area (Å²) in [5.41, 5.74) is 7.95. The van der Waals surface area contributed by atoms with Gasteiger partial charge in [-0.05, 0) is 29.4 Å². The Hall–Kier alpha value is -3.15. The van der Waals surface area contributed by atoms with Crippen molar-refractivity contribution in [3.63, 3.8) is 0 Å². The van der Waals surface area contributed by atoms with Crippen LogP contribution in [0.1, 0.15) is 35.1 Å². The van der Waals surface area contributed by atoms with Gasteiger partial charge in [0, 0.05) is 30.3 Å². The molecule has 24 heavy (non-hydrogen) atoms. The van der Waals surface area contributed by atoms with Gasteiger partial charge >= 0.3 is 0 Å². The zero-order chi connectivity index (χ0) is 17.5. The predicted molar refractivity (Wildman–Crippen MR) is 80.1 cm³/mol. The Kier molecular flexibility index (Phi) is 3.60. The van der Waals surface area contributed by atoms with Crippen LogP contribution in [-0.4, -0.2) is 20.3 Å². The molecule has 9 heteroatoms. The molecular weight excluding hydrogens is 318 g/mol. The highest BCUT2D eigenvalue weighted by atomic mass is 19.3. The maximum Gasteiger partial charge on any atom is 0.273 e. The van der Waals surface area contributed by atoms with Crippen LogP contribution >= 0.6 is 0 Å². The number of nitrogens with two attached hydrogens (primary N) is 1.